The third kappa shape index (κ3) is 7.97. The van der Waals surface area contributed by atoms with Crippen molar-refractivity contribution in [3.63, 3.8) is 0 Å². The maximum atomic E-state index is 13.1. The van der Waals surface area contributed by atoms with Gasteiger partial charge in [-0.2, -0.15) is 0 Å². The molecule has 0 radical (unpaired) electrons. The number of hydrogen-bond acceptors (Lipinski definition) is 2. The van der Waals surface area contributed by atoms with Crippen molar-refractivity contribution in [2.24, 2.45) is 0 Å². The van der Waals surface area contributed by atoms with Gasteiger partial charge in [-0.1, -0.05) is 0 Å². The predicted molar refractivity (Wildman–Crippen MR) is 141 cm³/mol. The molecule has 0 spiro atoms. The van der Waals surface area contributed by atoms with Gasteiger partial charge in [0.25, 0.3) is 0 Å². The van der Waals surface area contributed by atoms with Gasteiger partial charge in [0, 0.05) is 0 Å². The van der Waals surface area contributed by atoms with Crippen molar-refractivity contribution in [2.75, 3.05) is 0 Å². The summed E-state index contributed by atoms with van der Waals surface area (Å²) < 4.78 is 9.91. The molecule has 4 heteroatoms. The topological polar surface area (TPSA) is 38.3 Å². The number of hydrogen-bond donors (Lipinski definition) is 1. The predicted octanol–water partition coefficient (Wildman–Crippen LogP) is 8.79. The number of fused-ring (bicyclic) bond motifs is 1. The molecule has 2 aromatic rings. The Labute approximate surface area is 200 Å². The monoisotopic (exact) mass is 547 g/mol. The average Bonchev–Trinajstić information content (AvgIpc) is 2.76. The van der Waals surface area contributed by atoms with E-state index in [1.54, 1.807) is 0 Å². The first-order valence-electron chi connectivity index (χ1n) is 12.7. The molecule has 178 valence electrons. The number of amides is 1. The summed E-state index contributed by atoms with van der Waals surface area (Å²) in [6.07, 6.45) is 7.19. The summed E-state index contributed by atoms with van der Waals surface area (Å²) in [6.45, 7) is 12.7. The number of benzene rings is 2. The van der Waals surface area contributed by atoms with Gasteiger partial charge in [0.2, 0.25) is 0 Å². The van der Waals surface area contributed by atoms with Crippen molar-refractivity contribution in [2.45, 2.75) is 103 Å². The minimum absolute atomic E-state index is 0.147. The first-order valence-corrected chi connectivity index (χ1v) is 20.4. The summed E-state index contributed by atoms with van der Waals surface area (Å²) in [6, 6.07) is 15.4. The molecule has 1 amide bonds. The van der Waals surface area contributed by atoms with Gasteiger partial charge in [-0.3, -0.25) is 0 Å². The molecule has 1 unspecified atom stereocenters. The van der Waals surface area contributed by atoms with Crippen molar-refractivity contribution < 1.29 is 9.53 Å². The van der Waals surface area contributed by atoms with Crippen LogP contribution in [0, 0.1) is 0 Å². The van der Waals surface area contributed by atoms with E-state index in [2.05, 4.69) is 68.6 Å². The number of ether oxygens (including phenoxy) is 1. The SMILES string of the molecule is CCC[CH2][Sn]([CH2]CCC)([CH2]CCC)[CH](NC(=O)OC(C)(C)C)c1ccc2ccccc2c1. The Morgan fingerprint density at radius 2 is 1.41 bits per heavy atom. The summed E-state index contributed by atoms with van der Waals surface area (Å²) in [5, 5.41) is 5.96. The van der Waals surface area contributed by atoms with Crippen molar-refractivity contribution in [1.82, 2.24) is 5.32 Å². The van der Waals surface area contributed by atoms with E-state index >= 15 is 0 Å². The molecule has 3 nitrogen and oxygen atoms in total. The number of rotatable bonds is 12. The van der Waals surface area contributed by atoms with Gasteiger partial charge in [-0.25, -0.2) is 0 Å². The van der Waals surface area contributed by atoms with Crippen LogP contribution in [0.1, 0.15) is 89.7 Å². The molecule has 0 aliphatic heterocycles. The Balaban J connectivity index is 2.56. The van der Waals surface area contributed by atoms with Crippen LogP contribution in [0.2, 0.25) is 13.3 Å². The zero-order valence-electron chi connectivity index (χ0n) is 21.3. The summed E-state index contributed by atoms with van der Waals surface area (Å²) >= 11 is -2.84. The molecule has 0 aromatic heterocycles. The fourth-order valence-electron chi connectivity index (χ4n) is 4.80. The molecular weight excluding hydrogens is 501 g/mol. The van der Waals surface area contributed by atoms with E-state index < -0.39 is 24.0 Å². The fraction of sp³-hybridized carbons (Fsp3) is 0.607. The molecule has 0 fully saturated rings. The molecular formula is C28H45NO2Sn. The van der Waals surface area contributed by atoms with Gasteiger partial charge in [-0.15, -0.1) is 0 Å². The van der Waals surface area contributed by atoms with Gasteiger partial charge in [-0.05, 0) is 0 Å². The van der Waals surface area contributed by atoms with Crippen LogP contribution in [0.15, 0.2) is 42.5 Å². The van der Waals surface area contributed by atoms with Crippen LogP contribution in [0.5, 0.6) is 0 Å². The summed E-state index contributed by atoms with van der Waals surface area (Å²) in [4.78, 5) is 13.1. The Bertz CT molecular complexity index is 821. The number of carbonyl (C=O) groups excluding carboxylic acids is 1. The molecule has 32 heavy (non-hydrogen) atoms. The minimum atomic E-state index is -2.84. The third-order valence-corrected chi connectivity index (χ3v) is 22.9. The number of alkyl carbamates (subject to hydrolysis) is 1. The Morgan fingerprint density at radius 1 is 0.875 bits per heavy atom. The third-order valence-electron chi connectivity index (χ3n) is 6.46. The zero-order chi connectivity index (χ0) is 23.6. The molecule has 2 aromatic carbocycles. The molecule has 1 N–H and O–H groups in total. The van der Waals surface area contributed by atoms with E-state index in [1.165, 1.54) is 68.2 Å². The molecule has 1 atom stereocenters. The van der Waals surface area contributed by atoms with Crippen LogP contribution in [-0.2, 0) is 4.74 Å². The van der Waals surface area contributed by atoms with Crippen LogP contribution in [-0.4, -0.2) is 30.1 Å². The second-order valence-electron chi connectivity index (χ2n) is 10.4. The van der Waals surface area contributed by atoms with Crippen molar-refractivity contribution in [3.05, 3.63) is 48.0 Å². The molecule has 0 saturated carbocycles. The van der Waals surface area contributed by atoms with Crippen LogP contribution in [0.3, 0.4) is 0 Å². The summed E-state index contributed by atoms with van der Waals surface area (Å²) in [5.74, 6) is 0. The summed E-state index contributed by atoms with van der Waals surface area (Å²) in [5.41, 5.74) is 0.792. The van der Waals surface area contributed by atoms with Crippen LogP contribution < -0.4 is 5.32 Å². The second-order valence-corrected chi connectivity index (χ2v) is 24.1. The van der Waals surface area contributed by atoms with Crippen molar-refractivity contribution >= 4 is 35.2 Å². The van der Waals surface area contributed by atoms with E-state index in [4.69, 9.17) is 4.74 Å². The van der Waals surface area contributed by atoms with Gasteiger partial charge in [0.05, 0.1) is 0 Å². The van der Waals surface area contributed by atoms with Gasteiger partial charge < -0.3 is 0 Å². The van der Waals surface area contributed by atoms with E-state index in [0.717, 1.165) is 0 Å². The molecule has 2 rings (SSSR count). The van der Waals surface area contributed by atoms with Crippen molar-refractivity contribution in [3.8, 4) is 0 Å². The zero-order valence-corrected chi connectivity index (χ0v) is 24.2. The van der Waals surface area contributed by atoms with Gasteiger partial charge >= 0.3 is 201 Å². The second kappa shape index (κ2) is 12.9. The van der Waals surface area contributed by atoms with E-state index in [1.807, 2.05) is 20.8 Å². The maximum absolute atomic E-state index is 13.1. The number of nitrogens with one attached hydrogen (secondary N) is 1. The molecule has 0 bridgehead atoms. The Kier molecular flexibility index (Phi) is 10.9. The van der Waals surface area contributed by atoms with Crippen LogP contribution >= 0.6 is 0 Å². The first kappa shape index (κ1) is 27.0. The van der Waals surface area contributed by atoms with E-state index in [0.29, 0.717) is 0 Å². The standard InChI is InChI=1S/C16H18NO2.3C4H9.Sn/c1-16(2,3)19-15(18)17-11-12-8-9-13-6-4-5-7-14(13)10-12;3*1-3-4-2;/h4-11H,1-3H3,(H,17,18);3*1,3-4H2,2H3;. The Hall–Kier alpha value is -1.23. The number of carbonyl (C=O) groups is 1. The molecule has 0 saturated heterocycles. The number of unbranched alkanes of at least 4 members (excludes halogenated alkanes) is 3. The summed E-state index contributed by atoms with van der Waals surface area (Å²) in [7, 11) is 0. The van der Waals surface area contributed by atoms with Crippen LogP contribution in [0.4, 0.5) is 4.79 Å². The quantitative estimate of drug-likeness (QED) is 0.270. The Morgan fingerprint density at radius 3 is 1.91 bits per heavy atom. The average molecular weight is 546 g/mol. The normalized spacial score (nSPS) is 13.2. The van der Waals surface area contributed by atoms with E-state index in [-0.39, 0.29) is 10.2 Å². The van der Waals surface area contributed by atoms with Gasteiger partial charge in [0.15, 0.2) is 0 Å². The first-order chi connectivity index (χ1) is 15.2. The molecule has 0 aliphatic carbocycles. The molecule has 0 heterocycles. The van der Waals surface area contributed by atoms with E-state index in [9.17, 15) is 4.79 Å². The van der Waals surface area contributed by atoms with Gasteiger partial charge in [0.1, 0.15) is 0 Å². The molecule has 0 aliphatic rings. The fourth-order valence-corrected chi connectivity index (χ4v) is 22.2. The van der Waals surface area contributed by atoms with Crippen molar-refractivity contribution in [1.29, 1.82) is 0 Å². The van der Waals surface area contributed by atoms with Crippen LogP contribution in [0.25, 0.3) is 10.8 Å².